The fraction of sp³-hybridized carbons (Fsp3) is 0.116. The van der Waals surface area contributed by atoms with Crippen molar-refractivity contribution >= 4 is 49.3 Å². The first kappa shape index (κ1) is 31.0. The van der Waals surface area contributed by atoms with Crippen molar-refractivity contribution in [2.75, 3.05) is 0 Å². The number of ether oxygens (including phenoxy) is 1. The van der Waals surface area contributed by atoms with Crippen molar-refractivity contribution in [1.29, 1.82) is 0 Å². The second-order valence-corrected chi connectivity index (χ2v) is 13.5. The van der Waals surface area contributed by atoms with Crippen LogP contribution in [0.5, 0.6) is 11.5 Å². The first-order valence-corrected chi connectivity index (χ1v) is 16.3. The van der Waals surface area contributed by atoms with Crippen molar-refractivity contribution in [1.82, 2.24) is 18.9 Å². The monoisotopic (exact) mass is 815 g/mol. The summed E-state index contributed by atoms with van der Waals surface area (Å²) in [7, 11) is 0. The molecule has 9 aromatic rings. The number of pyridine rings is 2. The van der Waals surface area contributed by atoms with Crippen molar-refractivity contribution in [3.05, 3.63) is 145 Å². The Labute approximate surface area is 299 Å². The van der Waals surface area contributed by atoms with Gasteiger partial charge in [-0.1, -0.05) is 104 Å². The summed E-state index contributed by atoms with van der Waals surface area (Å²) in [5.41, 5.74) is 9.04. The Morgan fingerprint density at radius 2 is 1.39 bits per heavy atom. The van der Waals surface area contributed by atoms with Crippen LogP contribution in [0.25, 0.3) is 66.2 Å². The summed E-state index contributed by atoms with van der Waals surface area (Å²) >= 11 is 0. The number of fused-ring (bicyclic) bond motifs is 9. The van der Waals surface area contributed by atoms with Gasteiger partial charge in [-0.25, -0.2) is 4.98 Å². The van der Waals surface area contributed by atoms with Gasteiger partial charge >= 0.3 is 21.1 Å². The van der Waals surface area contributed by atoms with Crippen molar-refractivity contribution in [2.24, 2.45) is 0 Å². The average molecular weight is 816 g/mol. The van der Waals surface area contributed by atoms with E-state index in [9.17, 15) is 0 Å². The van der Waals surface area contributed by atoms with Gasteiger partial charge in [-0.05, 0) is 47.6 Å². The van der Waals surface area contributed by atoms with E-state index < -0.39 is 0 Å². The number of imidazole rings is 1. The molecule has 49 heavy (non-hydrogen) atoms. The van der Waals surface area contributed by atoms with Crippen molar-refractivity contribution in [3.63, 3.8) is 0 Å². The summed E-state index contributed by atoms with van der Waals surface area (Å²) in [5.74, 6) is 1.23. The first-order chi connectivity index (χ1) is 23.3. The summed E-state index contributed by atoms with van der Waals surface area (Å²) in [5, 5.41) is 5.39. The topological polar surface area (TPSA) is 44.4 Å². The number of hydrogen-bond acceptors (Lipinski definition) is 3. The zero-order chi connectivity index (χ0) is 32.6. The van der Waals surface area contributed by atoms with Gasteiger partial charge in [0.15, 0.2) is 0 Å². The predicted octanol–water partition coefficient (Wildman–Crippen LogP) is 10.8. The summed E-state index contributed by atoms with van der Waals surface area (Å²) in [6, 6.07) is 45.0. The van der Waals surface area contributed by atoms with Crippen molar-refractivity contribution < 1.29 is 25.8 Å². The maximum atomic E-state index is 6.67. The second kappa shape index (κ2) is 11.7. The third-order valence-corrected chi connectivity index (χ3v) is 9.31. The van der Waals surface area contributed by atoms with Crippen molar-refractivity contribution in [2.45, 2.75) is 33.1 Å². The minimum absolute atomic E-state index is 0. The zero-order valence-corrected chi connectivity index (χ0v) is 29.8. The molecule has 4 heterocycles. The number of aromatic nitrogens is 4. The second-order valence-electron chi connectivity index (χ2n) is 13.5. The number of aryl methyl sites for hydroxylation is 1. The molecular formula is C43H32N4OPt. The molecule has 5 nitrogen and oxygen atoms in total. The minimum Gasteiger partial charge on any atom is -0.503 e. The molecule has 0 fully saturated rings. The number of para-hydroxylation sites is 2. The molecule has 0 aliphatic carbocycles. The number of nitrogens with zero attached hydrogens (tertiary/aromatic N) is 4. The van der Waals surface area contributed by atoms with E-state index >= 15 is 0 Å². The van der Waals surface area contributed by atoms with E-state index in [1.165, 1.54) is 5.56 Å². The van der Waals surface area contributed by atoms with Gasteiger partial charge in [-0.15, -0.1) is 35.9 Å². The Hall–Kier alpha value is -5.25. The third-order valence-electron chi connectivity index (χ3n) is 9.31. The first-order valence-electron chi connectivity index (χ1n) is 16.3. The molecule has 0 aliphatic rings. The average Bonchev–Trinajstić information content (AvgIpc) is 3.69. The van der Waals surface area contributed by atoms with Crippen LogP contribution < -0.4 is 4.74 Å². The van der Waals surface area contributed by atoms with Crippen LogP contribution in [0.4, 0.5) is 0 Å². The van der Waals surface area contributed by atoms with Gasteiger partial charge < -0.3 is 13.7 Å². The number of rotatable bonds is 4. The SMILES string of the molecule is Cc1ccccc1-c1cn2c3ccccc3c3ccc(Oc4[c-]c(-n5c6ccccc6c6cccnc65)cc(C(C)(C)C)c4)[c-]c3c2n1.[Pt+2]. The van der Waals surface area contributed by atoms with Crippen LogP contribution in [-0.2, 0) is 26.5 Å². The normalized spacial score (nSPS) is 11.9. The molecule has 9 rings (SSSR count). The molecule has 0 spiro atoms. The summed E-state index contributed by atoms with van der Waals surface area (Å²) < 4.78 is 11.0. The molecule has 0 bridgehead atoms. The van der Waals surface area contributed by atoms with Crippen LogP contribution in [0.2, 0.25) is 0 Å². The Morgan fingerprint density at radius 1 is 0.673 bits per heavy atom. The molecule has 0 N–H and O–H groups in total. The van der Waals surface area contributed by atoms with Crippen molar-refractivity contribution in [3.8, 4) is 28.4 Å². The van der Waals surface area contributed by atoms with Gasteiger partial charge in [0.1, 0.15) is 5.65 Å². The standard InChI is InChI=1S/C43H32N4O.Pt/c1-27-12-5-6-13-32(27)38-26-46-39-17-9-7-14-34(39)33-20-19-30(25-37(33)42(46)45-38)48-31-23-28(43(2,3)4)22-29(24-31)47-40-18-10-8-15-35(40)36-16-11-21-44-41(36)47;/h5-23,26H,1-4H3;/q-2;+2. The zero-order valence-electron chi connectivity index (χ0n) is 27.6. The number of benzene rings is 5. The summed E-state index contributed by atoms with van der Waals surface area (Å²) in [6.45, 7) is 8.77. The molecule has 0 saturated heterocycles. The molecule has 240 valence electrons. The molecular weight excluding hydrogens is 784 g/mol. The van der Waals surface area contributed by atoms with Gasteiger partial charge in [0.05, 0.1) is 16.9 Å². The fourth-order valence-electron chi connectivity index (χ4n) is 6.87. The van der Waals surface area contributed by atoms with Gasteiger partial charge in [-0.2, -0.15) is 0 Å². The van der Waals surface area contributed by atoms with Gasteiger partial charge in [-0.3, -0.25) is 4.98 Å². The summed E-state index contributed by atoms with van der Waals surface area (Å²) in [6.07, 6.45) is 3.98. The van der Waals surface area contributed by atoms with E-state index in [1.54, 1.807) is 0 Å². The fourth-order valence-corrected chi connectivity index (χ4v) is 6.87. The molecule has 0 atom stereocenters. The van der Waals surface area contributed by atoms with Gasteiger partial charge in [0, 0.05) is 45.7 Å². The Balaban J connectivity index is 0.00000348. The van der Waals surface area contributed by atoms with Crippen LogP contribution in [0.3, 0.4) is 0 Å². The maximum Gasteiger partial charge on any atom is 2.00 e. The molecule has 6 heteroatoms. The smallest absolute Gasteiger partial charge is 0.503 e. The largest absolute Gasteiger partial charge is 2.00 e. The van der Waals surface area contributed by atoms with Crippen LogP contribution in [0.15, 0.2) is 122 Å². The van der Waals surface area contributed by atoms with E-state index in [0.29, 0.717) is 11.5 Å². The van der Waals surface area contributed by atoms with Crippen LogP contribution >= 0.6 is 0 Å². The van der Waals surface area contributed by atoms with E-state index in [-0.39, 0.29) is 26.5 Å². The van der Waals surface area contributed by atoms with Crippen LogP contribution in [-0.4, -0.2) is 18.9 Å². The molecule has 5 aromatic carbocycles. The predicted molar refractivity (Wildman–Crippen MR) is 195 cm³/mol. The minimum atomic E-state index is -0.131. The van der Waals surface area contributed by atoms with E-state index in [1.807, 2.05) is 18.3 Å². The van der Waals surface area contributed by atoms with E-state index in [0.717, 1.165) is 71.8 Å². The molecule has 0 saturated carbocycles. The molecule has 4 aromatic heterocycles. The molecule has 0 unspecified atom stereocenters. The van der Waals surface area contributed by atoms with Crippen LogP contribution in [0, 0.1) is 19.1 Å². The maximum absolute atomic E-state index is 6.67. The quantitative estimate of drug-likeness (QED) is 0.131. The number of hydrogen-bond donors (Lipinski definition) is 0. The Bertz CT molecular complexity index is 2660. The van der Waals surface area contributed by atoms with Crippen LogP contribution in [0.1, 0.15) is 31.9 Å². The molecule has 0 amide bonds. The summed E-state index contributed by atoms with van der Waals surface area (Å²) in [4.78, 5) is 9.98. The van der Waals surface area contributed by atoms with Gasteiger partial charge in [0.2, 0.25) is 0 Å². The van der Waals surface area contributed by atoms with E-state index in [4.69, 9.17) is 14.7 Å². The van der Waals surface area contributed by atoms with E-state index in [2.05, 4.69) is 152 Å². The molecule has 0 aliphatic heterocycles. The molecule has 0 radical (unpaired) electrons. The third kappa shape index (κ3) is 5.12. The van der Waals surface area contributed by atoms with Gasteiger partial charge in [0.25, 0.3) is 0 Å². The Morgan fingerprint density at radius 3 is 2.18 bits per heavy atom. The Kier molecular flexibility index (Phi) is 7.42.